The van der Waals surface area contributed by atoms with Crippen LogP contribution in [0.2, 0.25) is 0 Å². The van der Waals surface area contributed by atoms with E-state index in [9.17, 15) is 0 Å². The quantitative estimate of drug-likeness (QED) is 0.778. The van der Waals surface area contributed by atoms with E-state index in [1.165, 1.54) is 0 Å². The van der Waals surface area contributed by atoms with Crippen molar-refractivity contribution in [3.8, 4) is 0 Å². The average molecular weight is 206 g/mol. The van der Waals surface area contributed by atoms with Gasteiger partial charge < -0.3 is 9.88 Å². The van der Waals surface area contributed by atoms with Crippen LogP contribution in [0.25, 0.3) is 0 Å². The van der Waals surface area contributed by atoms with Gasteiger partial charge in [0, 0.05) is 38.7 Å². The van der Waals surface area contributed by atoms with Crippen LogP contribution < -0.4 is 5.32 Å². The molecular weight excluding hydrogens is 192 g/mol. The van der Waals surface area contributed by atoms with Crippen molar-refractivity contribution in [3.63, 3.8) is 0 Å². The fourth-order valence-corrected chi connectivity index (χ4v) is 1.47. The maximum absolute atomic E-state index is 4.17. The number of nitrogens with one attached hydrogen (secondary N) is 1. The number of imidazole rings is 1. The number of nitrogens with zero attached hydrogens (tertiary/aromatic N) is 5. The Hall–Kier alpha value is -1.85. The molecule has 0 aliphatic carbocycles. The maximum Gasteiger partial charge on any atom is 0.202 e. The third kappa shape index (κ3) is 2.34. The van der Waals surface area contributed by atoms with Crippen molar-refractivity contribution >= 4 is 5.95 Å². The molecule has 6 heteroatoms. The van der Waals surface area contributed by atoms with Crippen LogP contribution in [-0.2, 0) is 13.1 Å². The molecule has 0 saturated heterocycles. The van der Waals surface area contributed by atoms with E-state index in [1.807, 2.05) is 24.1 Å². The van der Waals surface area contributed by atoms with Gasteiger partial charge in [-0.25, -0.2) is 4.98 Å². The Morgan fingerprint density at radius 1 is 1.27 bits per heavy atom. The smallest absolute Gasteiger partial charge is 0.202 e. The first-order valence-electron chi connectivity index (χ1n) is 4.93. The molecule has 0 spiro atoms. The molecule has 0 aliphatic rings. The van der Waals surface area contributed by atoms with Gasteiger partial charge in [-0.15, -0.1) is 5.10 Å². The fourth-order valence-electron chi connectivity index (χ4n) is 1.47. The number of aromatic nitrogens is 5. The topological polar surface area (TPSA) is 60.6 Å². The SMILES string of the molecule is CNc1nccn1CCCn1ccnn1. The Morgan fingerprint density at radius 3 is 2.93 bits per heavy atom. The number of anilines is 1. The van der Waals surface area contributed by atoms with Crippen molar-refractivity contribution < 1.29 is 0 Å². The monoisotopic (exact) mass is 206 g/mol. The van der Waals surface area contributed by atoms with E-state index in [4.69, 9.17) is 0 Å². The molecule has 0 amide bonds. The third-order valence-corrected chi connectivity index (χ3v) is 2.20. The van der Waals surface area contributed by atoms with Crippen LogP contribution in [0.3, 0.4) is 0 Å². The first-order valence-corrected chi connectivity index (χ1v) is 4.93. The van der Waals surface area contributed by atoms with Gasteiger partial charge in [-0.2, -0.15) is 0 Å². The van der Waals surface area contributed by atoms with E-state index in [2.05, 4.69) is 25.2 Å². The zero-order valence-corrected chi connectivity index (χ0v) is 8.67. The second-order valence-corrected chi connectivity index (χ2v) is 3.21. The summed E-state index contributed by atoms with van der Waals surface area (Å²) in [6.07, 6.45) is 8.33. The van der Waals surface area contributed by atoms with Crippen molar-refractivity contribution in [2.75, 3.05) is 12.4 Å². The number of aryl methyl sites for hydroxylation is 2. The van der Waals surface area contributed by atoms with Crippen LogP contribution in [-0.4, -0.2) is 31.6 Å². The predicted molar refractivity (Wildman–Crippen MR) is 56.4 cm³/mol. The van der Waals surface area contributed by atoms with Gasteiger partial charge >= 0.3 is 0 Å². The molecule has 0 unspecified atom stereocenters. The number of rotatable bonds is 5. The van der Waals surface area contributed by atoms with Gasteiger partial charge in [0.2, 0.25) is 5.95 Å². The largest absolute Gasteiger partial charge is 0.359 e. The van der Waals surface area contributed by atoms with Crippen LogP contribution in [0.5, 0.6) is 0 Å². The minimum atomic E-state index is 0.876. The normalized spacial score (nSPS) is 10.5. The lowest BCUT2D eigenvalue weighted by Gasteiger charge is -2.06. The summed E-state index contributed by atoms with van der Waals surface area (Å²) >= 11 is 0. The van der Waals surface area contributed by atoms with Crippen molar-refractivity contribution in [2.45, 2.75) is 19.5 Å². The highest BCUT2D eigenvalue weighted by Gasteiger charge is 1.99. The maximum atomic E-state index is 4.17. The van der Waals surface area contributed by atoms with Gasteiger partial charge in [-0.1, -0.05) is 5.21 Å². The summed E-state index contributed by atoms with van der Waals surface area (Å²) in [5.74, 6) is 0.897. The zero-order chi connectivity index (χ0) is 10.5. The van der Waals surface area contributed by atoms with E-state index in [1.54, 1.807) is 12.4 Å². The van der Waals surface area contributed by atoms with Gasteiger partial charge in [0.05, 0.1) is 6.20 Å². The van der Waals surface area contributed by atoms with Crippen LogP contribution in [0.4, 0.5) is 5.95 Å². The molecule has 1 N–H and O–H groups in total. The molecule has 80 valence electrons. The molecule has 0 fully saturated rings. The Morgan fingerprint density at radius 2 is 2.20 bits per heavy atom. The molecule has 0 radical (unpaired) electrons. The molecule has 2 aromatic rings. The lowest BCUT2D eigenvalue weighted by Crippen LogP contribution is -2.06. The molecular formula is C9H14N6. The molecule has 6 nitrogen and oxygen atoms in total. The van der Waals surface area contributed by atoms with Crippen molar-refractivity contribution in [3.05, 3.63) is 24.8 Å². The highest BCUT2D eigenvalue weighted by atomic mass is 15.4. The van der Waals surface area contributed by atoms with Gasteiger partial charge in [0.1, 0.15) is 0 Å². The number of hydrogen-bond acceptors (Lipinski definition) is 4. The van der Waals surface area contributed by atoms with E-state index >= 15 is 0 Å². The molecule has 0 atom stereocenters. The standard InChI is InChI=1S/C9H14N6/c1-10-9-11-3-7-14(9)5-2-6-15-8-4-12-13-15/h3-4,7-8H,2,5-6H2,1H3,(H,10,11). The van der Waals surface area contributed by atoms with E-state index in [0.29, 0.717) is 0 Å². The summed E-state index contributed by atoms with van der Waals surface area (Å²) in [5, 5.41) is 10.7. The average Bonchev–Trinajstić information content (AvgIpc) is 2.88. The third-order valence-electron chi connectivity index (χ3n) is 2.20. The highest BCUT2D eigenvalue weighted by Crippen LogP contribution is 2.04. The second-order valence-electron chi connectivity index (χ2n) is 3.21. The van der Waals surface area contributed by atoms with Gasteiger partial charge in [0.15, 0.2) is 0 Å². The summed E-state index contributed by atoms with van der Waals surface area (Å²) in [4.78, 5) is 4.17. The highest BCUT2D eigenvalue weighted by molar-refractivity contribution is 5.23. The Balaban J connectivity index is 1.83. The van der Waals surface area contributed by atoms with Gasteiger partial charge in [0.25, 0.3) is 0 Å². The van der Waals surface area contributed by atoms with Gasteiger partial charge in [-0.3, -0.25) is 4.68 Å². The van der Waals surface area contributed by atoms with Crippen molar-refractivity contribution in [1.82, 2.24) is 24.5 Å². The lowest BCUT2D eigenvalue weighted by molar-refractivity contribution is 0.516. The Kier molecular flexibility index (Phi) is 2.96. The summed E-state index contributed by atoms with van der Waals surface area (Å²) in [6.45, 7) is 1.80. The first kappa shape index (κ1) is 9.70. The molecule has 0 aliphatic heterocycles. The van der Waals surface area contributed by atoms with E-state index in [0.717, 1.165) is 25.5 Å². The summed E-state index contributed by atoms with van der Waals surface area (Å²) in [5.41, 5.74) is 0. The zero-order valence-electron chi connectivity index (χ0n) is 8.67. The van der Waals surface area contributed by atoms with Crippen LogP contribution in [0.1, 0.15) is 6.42 Å². The molecule has 2 rings (SSSR count). The summed E-state index contributed by atoms with van der Waals surface area (Å²) in [7, 11) is 1.87. The molecule has 0 saturated carbocycles. The summed E-state index contributed by atoms with van der Waals surface area (Å²) in [6, 6.07) is 0. The molecule has 15 heavy (non-hydrogen) atoms. The Labute approximate surface area is 87.9 Å². The number of hydrogen-bond donors (Lipinski definition) is 1. The summed E-state index contributed by atoms with van der Waals surface area (Å²) < 4.78 is 3.91. The molecule has 0 aromatic carbocycles. The van der Waals surface area contributed by atoms with Crippen LogP contribution in [0, 0.1) is 0 Å². The fraction of sp³-hybridized carbons (Fsp3) is 0.444. The van der Waals surface area contributed by atoms with Crippen LogP contribution >= 0.6 is 0 Å². The molecule has 2 aromatic heterocycles. The molecule has 0 bridgehead atoms. The minimum absolute atomic E-state index is 0.876. The Bertz CT molecular complexity index is 390. The predicted octanol–water partition coefficient (Wildman–Crippen LogP) is 0.607. The van der Waals surface area contributed by atoms with Crippen molar-refractivity contribution in [1.29, 1.82) is 0 Å². The minimum Gasteiger partial charge on any atom is -0.359 e. The second kappa shape index (κ2) is 4.59. The first-order chi connectivity index (χ1) is 7.40. The lowest BCUT2D eigenvalue weighted by atomic mass is 10.4. The van der Waals surface area contributed by atoms with Gasteiger partial charge in [-0.05, 0) is 6.42 Å². The van der Waals surface area contributed by atoms with E-state index in [-0.39, 0.29) is 0 Å². The molecule has 2 heterocycles. The van der Waals surface area contributed by atoms with E-state index < -0.39 is 0 Å². The van der Waals surface area contributed by atoms with Crippen LogP contribution in [0.15, 0.2) is 24.8 Å². The van der Waals surface area contributed by atoms with Crippen molar-refractivity contribution in [2.24, 2.45) is 0 Å².